The number of carbonyl (C=O) groups is 1. The maximum atomic E-state index is 13.1. The zero-order valence-corrected chi connectivity index (χ0v) is 13.2. The van der Waals surface area contributed by atoms with Gasteiger partial charge in [-0.2, -0.15) is 0 Å². The standard InChI is InChI=1S/C18H30N2O/c19-16-14-6-5-13(11-14)15(16)17(21)20-10-4-9-18(12-20)7-2-1-3-8-18/h13-16H,1-12,19H2. The van der Waals surface area contributed by atoms with Gasteiger partial charge in [-0.05, 0) is 62.2 Å². The molecule has 0 aromatic heterocycles. The fourth-order valence-electron chi connectivity index (χ4n) is 6.02. The van der Waals surface area contributed by atoms with Crippen LogP contribution in [0.3, 0.4) is 0 Å². The average Bonchev–Trinajstić information content (AvgIpc) is 3.08. The fourth-order valence-corrected chi connectivity index (χ4v) is 6.02. The average molecular weight is 290 g/mol. The van der Waals surface area contributed by atoms with Crippen LogP contribution in [0.25, 0.3) is 0 Å². The van der Waals surface area contributed by atoms with E-state index in [4.69, 9.17) is 5.73 Å². The lowest BCUT2D eigenvalue weighted by molar-refractivity contribution is -0.142. The van der Waals surface area contributed by atoms with E-state index in [2.05, 4.69) is 4.90 Å². The van der Waals surface area contributed by atoms with Crippen molar-refractivity contribution in [3.8, 4) is 0 Å². The van der Waals surface area contributed by atoms with Gasteiger partial charge in [0.15, 0.2) is 0 Å². The van der Waals surface area contributed by atoms with Crippen molar-refractivity contribution in [2.75, 3.05) is 13.1 Å². The number of hydrogen-bond acceptors (Lipinski definition) is 2. The van der Waals surface area contributed by atoms with Crippen molar-refractivity contribution in [2.45, 2.75) is 70.3 Å². The zero-order valence-electron chi connectivity index (χ0n) is 13.2. The second kappa shape index (κ2) is 5.26. The van der Waals surface area contributed by atoms with Crippen molar-refractivity contribution >= 4 is 5.91 Å². The second-order valence-corrected chi connectivity index (χ2v) is 8.36. The molecule has 1 amide bonds. The number of rotatable bonds is 1. The first-order valence-corrected chi connectivity index (χ1v) is 9.23. The summed E-state index contributed by atoms with van der Waals surface area (Å²) in [5.41, 5.74) is 6.86. The van der Waals surface area contributed by atoms with Crippen LogP contribution in [0.4, 0.5) is 0 Å². The summed E-state index contributed by atoms with van der Waals surface area (Å²) in [6.07, 6.45) is 13.1. The molecule has 4 atom stereocenters. The summed E-state index contributed by atoms with van der Waals surface area (Å²) in [5.74, 6) is 1.81. The smallest absolute Gasteiger partial charge is 0.227 e. The van der Waals surface area contributed by atoms with Crippen molar-refractivity contribution in [2.24, 2.45) is 28.9 Å². The number of fused-ring (bicyclic) bond motifs is 2. The van der Waals surface area contributed by atoms with Gasteiger partial charge in [0.05, 0.1) is 5.92 Å². The van der Waals surface area contributed by atoms with Gasteiger partial charge < -0.3 is 10.6 Å². The molecule has 118 valence electrons. The molecule has 3 heteroatoms. The number of nitrogens with zero attached hydrogens (tertiary/aromatic N) is 1. The molecule has 3 nitrogen and oxygen atoms in total. The number of amides is 1. The Morgan fingerprint density at radius 3 is 2.43 bits per heavy atom. The first-order valence-electron chi connectivity index (χ1n) is 9.23. The van der Waals surface area contributed by atoms with Crippen LogP contribution in [0.15, 0.2) is 0 Å². The highest BCUT2D eigenvalue weighted by Crippen LogP contribution is 2.49. The van der Waals surface area contributed by atoms with Gasteiger partial charge in [0, 0.05) is 19.1 Å². The number of nitrogens with two attached hydrogens (primary N) is 1. The molecule has 4 aliphatic rings. The van der Waals surface area contributed by atoms with Gasteiger partial charge >= 0.3 is 0 Å². The van der Waals surface area contributed by atoms with Crippen molar-refractivity contribution in [1.82, 2.24) is 4.90 Å². The Morgan fingerprint density at radius 1 is 1.00 bits per heavy atom. The lowest BCUT2D eigenvalue weighted by atomic mass is 9.69. The minimum Gasteiger partial charge on any atom is -0.342 e. The Balaban J connectivity index is 1.47. The van der Waals surface area contributed by atoms with Gasteiger partial charge in [0.2, 0.25) is 5.91 Å². The van der Waals surface area contributed by atoms with Crippen LogP contribution in [-0.4, -0.2) is 29.9 Å². The normalized spacial score (nSPS) is 41.7. The monoisotopic (exact) mass is 290 g/mol. The first-order chi connectivity index (χ1) is 10.2. The molecule has 2 bridgehead atoms. The van der Waals surface area contributed by atoms with E-state index in [1.54, 1.807) is 0 Å². The quantitative estimate of drug-likeness (QED) is 0.807. The molecule has 0 radical (unpaired) electrons. The predicted molar refractivity (Wildman–Crippen MR) is 83.6 cm³/mol. The van der Waals surface area contributed by atoms with Crippen molar-refractivity contribution in [3.05, 3.63) is 0 Å². The third kappa shape index (κ3) is 2.32. The maximum Gasteiger partial charge on any atom is 0.227 e. The molecule has 4 rings (SSSR count). The molecule has 4 fully saturated rings. The minimum atomic E-state index is 0.153. The minimum absolute atomic E-state index is 0.153. The Hall–Kier alpha value is -0.570. The summed E-state index contributed by atoms with van der Waals surface area (Å²) in [7, 11) is 0. The van der Waals surface area contributed by atoms with Crippen molar-refractivity contribution < 1.29 is 4.79 Å². The molecule has 1 saturated heterocycles. The molecule has 21 heavy (non-hydrogen) atoms. The molecule has 0 aromatic carbocycles. The van der Waals surface area contributed by atoms with E-state index in [0.29, 0.717) is 23.2 Å². The summed E-state index contributed by atoms with van der Waals surface area (Å²) >= 11 is 0. The molecular weight excluding hydrogens is 260 g/mol. The third-order valence-corrected chi connectivity index (χ3v) is 7.15. The van der Waals surface area contributed by atoms with E-state index >= 15 is 0 Å². The van der Waals surface area contributed by atoms with Crippen molar-refractivity contribution in [1.29, 1.82) is 0 Å². The Kier molecular flexibility index (Phi) is 3.52. The van der Waals surface area contributed by atoms with E-state index in [1.165, 1.54) is 64.2 Å². The van der Waals surface area contributed by atoms with Crippen LogP contribution in [0.1, 0.15) is 64.2 Å². The molecule has 3 aliphatic carbocycles. The number of hydrogen-bond donors (Lipinski definition) is 1. The van der Waals surface area contributed by atoms with E-state index < -0.39 is 0 Å². The fraction of sp³-hybridized carbons (Fsp3) is 0.944. The summed E-state index contributed by atoms with van der Waals surface area (Å²) in [6, 6.07) is 0.153. The third-order valence-electron chi connectivity index (χ3n) is 7.15. The first kappa shape index (κ1) is 14.0. The second-order valence-electron chi connectivity index (χ2n) is 8.36. The van der Waals surface area contributed by atoms with Gasteiger partial charge in [-0.3, -0.25) is 4.79 Å². The van der Waals surface area contributed by atoms with E-state index in [0.717, 1.165) is 13.1 Å². The molecule has 4 unspecified atom stereocenters. The van der Waals surface area contributed by atoms with E-state index in [-0.39, 0.29) is 12.0 Å². The highest BCUT2D eigenvalue weighted by Gasteiger charge is 2.51. The lowest BCUT2D eigenvalue weighted by Gasteiger charge is -2.46. The topological polar surface area (TPSA) is 46.3 Å². The Bertz CT molecular complexity index is 408. The molecule has 3 saturated carbocycles. The number of likely N-dealkylation sites (tertiary alicyclic amines) is 1. The zero-order chi connectivity index (χ0) is 14.4. The summed E-state index contributed by atoms with van der Waals surface area (Å²) in [4.78, 5) is 15.3. The summed E-state index contributed by atoms with van der Waals surface area (Å²) in [5, 5.41) is 0. The molecule has 2 N–H and O–H groups in total. The van der Waals surface area contributed by atoms with Gasteiger partial charge in [-0.25, -0.2) is 0 Å². The molecular formula is C18H30N2O. The maximum absolute atomic E-state index is 13.1. The highest BCUT2D eigenvalue weighted by molar-refractivity contribution is 5.80. The lowest BCUT2D eigenvalue weighted by Crippen LogP contribution is -2.52. The van der Waals surface area contributed by atoms with Gasteiger partial charge in [0.1, 0.15) is 0 Å². The van der Waals surface area contributed by atoms with Crippen LogP contribution in [0.5, 0.6) is 0 Å². The van der Waals surface area contributed by atoms with Gasteiger partial charge in [0.25, 0.3) is 0 Å². The van der Waals surface area contributed by atoms with Gasteiger partial charge in [-0.1, -0.05) is 19.3 Å². The molecule has 0 aromatic rings. The number of piperidine rings is 1. The van der Waals surface area contributed by atoms with Crippen LogP contribution in [0, 0.1) is 23.2 Å². The largest absolute Gasteiger partial charge is 0.342 e. The summed E-state index contributed by atoms with van der Waals surface area (Å²) < 4.78 is 0. The molecule has 1 heterocycles. The van der Waals surface area contributed by atoms with E-state index in [1.807, 2.05) is 0 Å². The summed E-state index contributed by atoms with van der Waals surface area (Å²) in [6.45, 7) is 2.02. The Morgan fingerprint density at radius 2 is 1.71 bits per heavy atom. The SMILES string of the molecule is NC1C2CCC(C2)C1C(=O)N1CCCC2(CCCCC2)C1. The van der Waals surface area contributed by atoms with Crippen LogP contribution in [-0.2, 0) is 4.79 Å². The number of carbonyl (C=O) groups excluding carboxylic acids is 1. The van der Waals surface area contributed by atoms with Gasteiger partial charge in [-0.15, -0.1) is 0 Å². The van der Waals surface area contributed by atoms with Crippen LogP contribution < -0.4 is 5.73 Å². The highest BCUT2D eigenvalue weighted by atomic mass is 16.2. The van der Waals surface area contributed by atoms with Crippen LogP contribution in [0.2, 0.25) is 0 Å². The van der Waals surface area contributed by atoms with E-state index in [9.17, 15) is 4.79 Å². The molecule has 1 spiro atoms. The Labute approximate surface area is 128 Å². The van der Waals surface area contributed by atoms with Crippen molar-refractivity contribution in [3.63, 3.8) is 0 Å². The molecule has 1 aliphatic heterocycles. The van der Waals surface area contributed by atoms with Crippen LogP contribution >= 0.6 is 0 Å². The predicted octanol–water partition coefficient (Wildman–Crippen LogP) is 2.93.